The van der Waals surface area contributed by atoms with Crippen LogP contribution in [0.1, 0.15) is 19.4 Å². The van der Waals surface area contributed by atoms with Gasteiger partial charge in [-0.25, -0.2) is 0 Å². The number of β-amino-alcohol motifs (C(OH)–C–C–N with tert-alkyl or cyclic N) is 1. The lowest BCUT2D eigenvalue weighted by Crippen LogP contribution is -2.50. The van der Waals surface area contributed by atoms with Gasteiger partial charge in [0.2, 0.25) is 0 Å². The third-order valence-corrected chi connectivity index (χ3v) is 3.94. The Morgan fingerprint density at radius 1 is 1.36 bits per heavy atom. The van der Waals surface area contributed by atoms with E-state index >= 15 is 0 Å². The lowest BCUT2D eigenvalue weighted by atomic mass is 10.2. The molecule has 22 heavy (non-hydrogen) atoms. The van der Waals surface area contributed by atoms with Crippen LogP contribution in [-0.2, 0) is 16.1 Å². The van der Waals surface area contributed by atoms with E-state index in [1.54, 1.807) is 7.11 Å². The average Bonchev–Trinajstić information content (AvgIpc) is 2.51. The van der Waals surface area contributed by atoms with Crippen molar-refractivity contribution >= 4 is 0 Å². The van der Waals surface area contributed by atoms with E-state index in [4.69, 9.17) is 14.2 Å². The molecule has 1 aromatic carbocycles. The minimum atomic E-state index is -0.498. The Morgan fingerprint density at radius 2 is 2.14 bits per heavy atom. The highest BCUT2D eigenvalue weighted by Gasteiger charge is 2.25. The van der Waals surface area contributed by atoms with Crippen LogP contribution in [0, 0.1) is 0 Å². The Balaban J connectivity index is 1.74. The molecule has 2 rings (SSSR count). The lowest BCUT2D eigenvalue weighted by Gasteiger charge is -2.37. The van der Waals surface area contributed by atoms with Crippen LogP contribution in [0.5, 0.6) is 5.75 Å². The van der Waals surface area contributed by atoms with Crippen molar-refractivity contribution in [3.63, 3.8) is 0 Å². The van der Waals surface area contributed by atoms with Gasteiger partial charge in [0.25, 0.3) is 0 Å². The number of hydrogen-bond acceptors (Lipinski definition) is 5. The van der Waals surface area contributed by atoms with Crippen LogP contribution in [0.2, 0.25) is 0 Å². The van der Waals surface area contributed by atoms with Gasteiger partial charge in [-0.3, -0.25) is 4.90 Å². The number of benzene rings is 1. The zero-order valence-electron chi connectivity index (χ0n) is 13.7. The fourth-order valence-electron chi connectivity index (χ4n) is 2.68. The molecule has 3 atom stereocenters. The van der Waals surface area contributed by atoms with Crippen LogP contribution in [0.4, 0.5) is 0 Å². The topological polar surface area (TPSA) is 51.2 Å². The number of para-hydroxylation sites is 1. The SMILES string of the molecule is COc1ccccc1COC[C@H](O)CN1C[C@@H](C)OC[C@H]1C. The van der Waals surface area contributed by atoms with Crippen molar-refractivity contribution in [3.8, 4) is 5.75 Å². The second-order valence-corrected chi connectivity index (χ2v) is 5.93. The predicted octanol–water partition coefficient (Wildman–Crippen LogP) is 1.68. The lowest BCUT2D eigenvalue weighted by molar-refractivity contribution is -0.0712. The van der Waals surface area contributed by atoms with Gasteiger partial charge in [0.1, 0.15) is 5.75 Å². The fourth-order valence-corrected chi connectivity index (χ4v) is 2.68. The molecule has 1 aromatic rings. The summed E-state index contributed by atoms with van der Waals surface area (Å²) in [5.74, 6) is 0.813. The Labute approximate surface area is 132 Å². The van der Waals surface area contributed by atoms with Crippen molar-refractivity contribution in [1.29, 1.82) is 0 Å². The van der Waals surface area contributed by atoms with Gasteiger partial charge < -0.3 is 19.3 Å². The van der Waals surface area contributed by atoms with Crippen molar-refractivity contribution < 1.29 is 19.3 Å². The minimum Gasteiger partial charge on any atom is -0.496 e. The van der Waals surface area contributed by atoms with E-state index in [2.05, 4.69) is 18.7 Å². The molecule has 1 aliphatic heterocycles. The number of aliphatic hydroxyl groups is 1. The quantitative estimate of drug-likeness (QED) is 0.830. The standard InChI is InChI=1S/C17H27NO4/c1-13-10-22-14(2)8-18(13)9-16(19)12-21-11-15-6-4-5-7-17(15)20-3/h4-7,13-14,16,19H,8-12H2,1-3H3/t13-,14-,16-/m1/s1. The minimum absolute atomic E-state index is 0.220. The molecule has 0 bridgehead atoms. The number of hydrogen-bond donors (Lipinski definition) is 1. The van der Waals surface area contributed by atoms with Crippen molar-refractivity contribution in [3.05, 3.63) is 29.8 Å². The second-order valence-electron chi connectivity index (χ2n) is 5.93. The summed E-state index contributed by atoms with van der Waals surface area (Å²) in [6, 6.07) is 8.09. The Hall–Kier alpha value is -1.14. The summed E-state index contributed by atoms with van der Waals surface area (Å²) in [6.07, 6.45) is -0.277. The van der Waals surface area contributed by atoms with Gasteiger partial charge in [-0.1, -0.05) is 18.2 Å². The number of methoxy groups -OCH3 is 1. The highest BCUT2D eigenvalue weighted by Crippen LogP contribution is 2.18. The zero-order valence-corrected chi connectivity index (χ0v) is 13.7. The van der Waals surface area contributed by atoms with Gasteiger partial charge >= 0.3 is 0 Å². The molecule has 0 amide bonds. The smallest absolute Gasteiger partial charge is 0.124 e. The van der Waals surface area contributed by atoms with Crippen LogP contribution in [0.3, 0.4) is 0 Å². The highest BCUT2D eigenvalue weighted by molar-refractivity contribution is 5.32. The van der Waals surface area contributed by atoms with Gasteiger partial charge in [0, 0.05) is 24.7 Å². The van der Waals surface area contributed by atoms with Gasteiger partial charge in [0.05, 0.1) is 39.1 Å². The van der Waals surface area contributed by atoms with E-state index in [9.17, 15) is 5.11 Å². The zero-order chi connectivity index (χ0) is 15.9. The van der Waals surface area contributed by atoms with Crippen molar-refractivity contribution in [1.82, 2.24) is 4.90 Å². The first-order valence-corrected chi connectivity index (χ1v) is 7.83. The van der Waals surface area contributed by atoms with E-state index in [1.165, 1.54) is 0 Å². The molecule has 1 N–H and O–H groups in total. The molecule has 1 aliphatic rings. The Kier molecular flexibility index (Phi) is 6.64. The van der Waals surface area contributed by atoms with E-state index in [-0.39, 0.29) is 6.10 Å². The fraction of sp³-hybridized carbons (Fsp3) is 0.647. The van der Waals surface area contributed by atoms with Gasteiger partial charge in [-0.2, -0.15) is 0 Å². The molecule has 0 unspecified atom stereocenters. The second kappa shape index (κ2) is 8.48. The summed E-state index contributed by atoms with van der Waals surface area (Å²) < 4.78 is 16.5. The van der Waals surface area contributed by atoms with E-state index in [0.717, 1.165) is 24.5 Å². The van der Waals surface area contributed by atoms with Gasteiger partial charge in [0.15, 0.2) is 0 Å². The molecule has 1 saturated heterocycles. The summed E-state index contributed by atoms with van der Waals surface area (Å²) in [7, 11) is 1.65. The van der Waals surface area contributed by atoms with Crippen LogP contribution in [0.15, 0.2) is 24.3 Å². The number of morpholine rings is 1. The number of aliphatic hydroxyl groups excluding tert-OH is 1. The third kappa shape index (κ3) is 4.95. The number of nitrogens with zero attached hydrogens (tertiary/aromatic N) is 1. The molecular formula is C17H27NO4. The Bertz CT molecular complexity index is 454. The molecule has 5 nitrogen and oxygen atoms in total. The molecule has 1 heterocycles. The van der Waals surface area contributed by atoms with Gasteiger partial charge in [-0.15, -0.1) is 0 Å². The molecule has 0 spiro atoms. The maximum Gasteiger partial charge on any atom is 0.124 e. The average molecular weight is 309 g/mol. The van der Waals surface area contributed by atoms with E-state index in [0.29, 0.717) is 25.8 Å². The summed E-state index contributed by atoms with van der Waals surface area (Å²) in [5, 5.41) is 10.2. The number of ether oxygens (including phenoxy) is 3. The van der Waals surface area contributed by atoms with E-state index < -0.39 is 6.10 Å². The molecule has 1 fully saturated rings. The number of rotatable bonds is 7. The normalized spacial score (nSPS) is 24.2. The Morgan fingerprint density at radius 3 is 2.91 bits per heavy atom. The molecule has 0 aromatic heterocycles. The summed E-state index contributed by atoms with van der Waals surface area (Å²) >= 11 is 0. The van der Waals surface area contributed by atoms with Gasteiger partial charge in [-0.05, 0) is 19.9 Å². The van der Waals surface area contributed by atoms with Crippen molar-refractivity contribution in [2.75, 3.05) is 33.4 Å². The van der Waals surface area contributed by atoms with Crippen molar-refractivity contribution in [2.45, 2.75) is 38.7 Å². The van der Waals surface area contributed by atoms with Crippen molar-refractivity contribution in [2.24, 2.45) is 0 Å². The first-order valence-electron chi connectivity index (χ1n) is 7.83. The summed E-state index contributed by atoms with van der Waals surface area (Å²) in [5.41, 5.74) is 0.991. The van der Waals surface area contributed by atoms with Crippen LogP contribution >= 0.6 is 0 Å². The predicted molar refractivity (Wildman–Crippen MR) is 85.1 cm³/mol. The largest absolute Gasteiger partial charge is 0.496 e. The maximum absolute atomic E-state index is 10.2. The maximum atomic E-state index is 10.2. The third-order valence-electron chi connectivity index (χ3n) is 3.94. The molecule has 0 aliphatic carbocycles. The molecule has 5 heteroatoms. The van der Waals surface area contributed by atoms with Crippen LogP contribution < -0.4 is 4.74 Å². The summed E-state index contributed by atoms with van der Waals surface area (Å²) in [4.78, 5) is 2.26. The first kappa shape index (κ1) is 17.2. The molecule has 0 saturated carbocycles. The van der Waals surface area contributed by atoms with Crippen LogP contribution in [0.25, 0.3) is 0 Å². The molecular weight excluding hydrogens is 282 g/mol. The first-order chi connectivity index (χ1) is 10.6. The monoisotopic (exact) mass is 309 g/mol. The highest BCUT2D eigenvalue weighted by atomic mass is 16.5. The summed E-state index contributed by atoms with van der Waals surface area (Å²) in [6.45, 7) is 7.12. The van der Waals surface area contributed by atoms with Crippen LogP contribution in [-0.4, -0.2) is 61.7 Å². The molecule has 124 valence electrons. The molecule has 0 radical (unpaired) electrons. The van der Waals surface area contributed by atoms with E-state index in [1.807, 2.05) is 24.3 Å².